The van der Waals surface area contributed by atoms with Crippen molar-refractivity contribution in [3.8, 4) is 0 Å². The number of amides is 1. The van der Waals surface area contributed by atoms with E-state index in [0.29, 0.717) is 5.13 Å². The molecule has 3 nitrogen and oxygen atoms in total. The highest BCUT2D eigenvalue weighted by Crippen LogP contribution is 2.34. The van der Waals surface area contributed by atoms with Crippen LogP contribution in [0.4, 0.5) is 5.13 Å². The first kappa shape index (κ1) is 13.3. The lowest BCUT2D eigenvalue weighted by Gasteiger charge is -2.01. The number of carbonyl (C=O) groups excluding carboxylic acids is 1. The molecule has 1 aromatic carbocycles. The Morgan fingerprint density at radius 1 is 1.53 bits per heavy atom. The highest BCUT2D eigenvalue weighted by Gasteiger charge is 2.13. The Bertz CT molecular complexity index is 585. The number of nitrogens with one attached hydrogen (secondary N) is 1. The molecule has 17 heavy (non-hydrogen) atoms. The van der Waals surface area contributed by atoms with Gasteiger partial charge in [-0.25, -0.2) is 4.98 Å². The smallest absolute Gasteiger partial charge is 0.243 e. The fraction of sp³-hybridized carbons (Fsp3) is 0.200. The number of nitrogens with zero attached hydrogens (tertiary/aromatic N) is 1. The van der Waals surface area contributed by atoms with Gasteiger partial charge in [0.2, 0.25) is 5.91 Å². The molecule has 0 saturated carbocycles. The van der Waals surface area contributed by atoms with E-state index in [1.54, 1.807) is 6.92 Å². The minimum Gasteiger partial charge on any atom is -0.301 e. The van der Waals surface area contributed by atoms with E-state index in [4.69, 9.17) is 11.6 Å². The molecule has 0 aliphatic heterocycles. The van der Waals surface area contributed by atoms with Crippen LogP contribution in [0, 0.1) is 0 Å². The number of halogens is 3. The molecule has 0 aliphatic rings. The maximum atomic E-state index is 11.4. The summed E-state index contributed by atoms with van der Waals surface area (Å²) in [7, 11) is 0. The average Bonchev–Trinajstić information content (AvgIpc) is 2.60. The second-order valence-corrected chi connectivity index (χ2v) is 6.81. The largest absolute Gasteiger partial charge is 0.301 e. The maximum absolute atomic E-state index is 11.4. The van der Waals surface area contributed by atoms with E-state index in [1.165, 1.54) is 11.3 Å². The fourth-order valence-electron chi connectivity index (χ4n) is 1.22. The Balaban J connectivity index is 2.38. The molecule has 2 aromatic rings. The van der Waals surface area contributed by atoms with Gasteiger partial charge in [-0.15, -0.1) is 11.6 Å². The van der Waals surface area contributed by atoms with Crippen LogP contribution in [-0.4, -0.2) is 16.3 Å². The average molecular weight is 399 g/mol. The fourth-order valence-corrected chi connectivity index (χ4v) is 3.80. The summed E-state index contributed by atoms with van der Waals surface area (Å²) in [6.07, 6.45) is 0. The van der Waals surface area contributed by atoms with Crippen LogP contribution in [0.3, 0.4) is 0 Å². The summed E-state index contributed by atoms with van der Waals surface area (Å²) in [5.41, 5.74) is 0.829. The van der Waals surface area contributed by atoms with Crippen molar-refractivity contribution in [2.24, 2.45) is 0 Å². The molecule has 1 heterocycles. The highest BCUT2D eigenvalue weighted by molar-refractivity contribution is 9.11. The zero-order chi connectivity index (χ0) is 12.6. The first-order valence-corrected chi connectivity index (χ1v) is 7.52. The molecule has 0 fully saturated rings. The summed E-state index contributed by atoms with van der Waals surface area (Å²) in [6, 6.07) is 3.87. The van der Waals surface area contributed by atoms with Crippen LogP contribution in [0.5, 0.6) is 0 Å². The zero-order valence-corrected chi connectivity index (χ0v) is 13.4. The molecule has 1 N–H and O–H groups in total. The minimum absolute atomic E-state index is 0.249. The number of fused-ring (bicyclic) bond motifs is 1. The molecule has 2 rings (SSSR count). The summed E-state index contributed by atoms with van der Waals surface area (Å²) in [5.74, 6) is -0.249. The number of aromatic nitrogens is 1. The van der Waals surface area contributed by atoms with Gasteiger partial charge in [0.15, 0.2) is 5.13 Å². The van der Waals surface area contributed by atoms with E-state index in [0.717, 1.165) is 19.2 Å². The maximum Gasteiger partial charge on any atom is 0.243 e. The van der Waals surface area contributed by atoms with Gasteiger partial charge in [-0.3, -0.25) is 4.79 Å². The number of anilines is 1. The molecular weight excluding hydrogens is 391 g/mol. The van der Waals surface area contributed by atoms with E-state index in [1.807, 2.05) is 12.1 Å². The van der Waals surface area contributed by atoms with Gasteiger partial charge >= 0.3 is 0 Å². The van der Waals surface area contributed by atoms with E-state index < -0.39 is 5.38 Å². The molecule has 1 aromatic heterocycles. The molecule has 0 radical (unpaired) electrons. The Labute approximate surface area is 124 Å². The van der Waals surface area contributed by atoms with Crippen LogP contribution in [-0.2, 0) is 4.79 Å². The molecular formula is C10H7Br2ClN2OS. The third-order valence-electron chi connectivity index (χ3n) is 2.00. The zero-order valence-electron chi connectivity index (χ0n) is 8.63. The standard InChI is InChI=1S/C10H7Br2ClN2OS/c1-4(13)9(16)15-10-14-8-6(12)2-5(11)3-7(8)17-10/h2-4H,1H3,(H,14,15,16)/t4-/m1/s1. The summed E-state index contributed by atoms with van der Waals surface area (Å²) in [4.78, 5) is 15.8. The topological polar surface area (TPSA) is 42.0 Å². The molecule has 0 spiro atoms. The van der Waals surface area contributed by atoms with Gasteiger partial charge in [-0.2, -0.15) is 0 Å². The van der Waals surface area contributed by atoms with Crippen molar-refractivity contribution in [3.63, 3.8) is 0 Å². The van der Waals surface area contributed by atoms with Crippen LogP contribution < -0.4 is 5.32 Å². The van der Waals surface area contributed by atoms with Gasteiger partial charge in [-0.1, -0.05) is 27.3 Å². The van der Waals surface area contributed by atoms with Crippen molar-refractivity contribution in [1.29, 1.82) is 0 Å². The third kappa shape index (κ3) is 2.99. The first-order valence-electron chi connectivity index (χ1n) is 4.68. The molecule has 0 bridgehead atoms. The Hall–Kier alpha value is -0.170. The number of benzene rings is 1. The van der Waals surface area contributed by atoms with Crippen LogP contribution >= 0.6 is 54.8 Å². The van der Waals surface area contributed by atoms with Crippen molar-refractivity contribution < 1.29 is 4.79 Å². The predicted molar refractivity (Wildman–Crippen MR) is 79.0 cm³/mol. The number of carbonyl (C=O) groups is 1. The summed E-state index contributed by atoms with van der Waals surface area (Å²) >= 11 is 13.9. The van der Waals surface area contributed by atoms with Crippen LogP contribution in [0.1, 0.15) is 6.92 Å². The molecule has 0 aliphatic carbocycles. The van der Waals surface area contributed by atoms with E-state index >= 15 is 0 Å². The molecule has 0 saturated heterocycles. The second kappa shape index (κ2) is 5.22. The van der Waals surface area contributed by atoms with Crippen LogP contribution in [0.2, 0.25) is 0 Å². The Morgan fingerprint density at radius 2 is 2.24 bits per heavy atom. The van der Waals surface area contributed by atoms with Crippen LogP contribution in [0.25, 0.3) is 10.2 Å². The Morgan fingerprint density at radius 3 is 2.88 bits per heavy atom. The molecule has 1 amide bonds. The van der Waals surface area contributed by atoms with Gasteiger partial charge in [0.1, 0.15) is 5.38 Å². The van der Waals surface area contributed by atoms with Crippen molar-refractivity contribution in [2.75, 3.05) is 5.32 Å². The molecule has 0 unspecified atom stereocenters. The monoisotopic (exact) mass is 396 g/mol. The third-order valence-corrected chi connectivity index (χ3v) is 4.18. The van der Waals surface area contributed by atoms with Crippen molar-refractivity contribution in [3.05, 3.63) is 21.1 Å². The van der Waals surface area contributed by atoms with Gasteiger partial charge in [0.25, 0.3) is 0 Å². The van der Waals surface area contributed by atoms with Gasteiger partial charge in [-0.05, 0) is 35.0 Å². The summed E-state index contributed by atoms with van der Waals surface area (Å²) in [6.45, 7) is 1.62. The quantitative estimate of drug-likeness (QED) is 0.763. The van der Waals surface area contributed by atoms with Crippen molar-refractivity contribution >= 4 is 76.1 Å². The molecule has 1 atom stereocenters. The van der Waals surface area contributed by atoms with Crippen molar-refractivity contribution in [2.45, 2.75) is 12.3 Å². The van der Waals surface area contributed by atoms with Gasteiger partial charge < -0.3 is 5.32 Å². The summed E-state index contributed by atoms with van der Waals surface area (Å²) in [5, 5.41) is 2.66. The van der Waals surface area contributed by atoms with Crippen molar-refractivity contribution in [1.82, 2.24) is 4.98 Å². The second-order valence-electron chi connectivity index (χ2n) is 3.36. The Kier molecular flexibility index (Phi) is 4.07. The van der Waals surface area contributed by atoms with Gasteiger partial charge in [0, 0.05) is 8.95 Å². The lowest BCUT2D eigenvalue weighted by Crippen LogP contribution is -2.19. The molecule has 90 valence electrons. The SMILES string of the molecule is C[C@@H](Cl)C(=O)Nc1nc2c(Br)cc(Br)cc2s1. The predicted octanol–water partition coefficient (Wildman–Crippen LogP) is 4.39. The van der Waals surface area contributed by atoms with Crippen LogP contribution in [0.15, 0.2) is 21.1 Å². The van der Waals surface area contributed by atoms with E-state index in [-0.39, 0.29) is 5.91 Å². The number of thiazole rings is 1. The lowest BCUT2D eigenvalue weighted by molar-refractivity contribution is -0.115. The lowest BCUT2D eigenvalue weighted by atomic mass is 10.3. The number of alkyl halides is 1. The minimum atomic E-state index is -0.572. The van der Waals surface area contributed by atoms with E-state index in [9.17, 15) is 4.79 Å². The summed E-state index contributed by atoms with van der Waals surface area (Å²) < 4.78 is 2.84. The highest BCUT2D eigenvalue weighted by atomic mass is 79.9. The number of hydrogen-bond acceptors (Lipinski definition) is 3. The molecule has 7 heteroatoms. The van der Waals surface area contributed by atoms with Gasteiger partial charge in [0.05, 0.1) is 10.2 Å². The first-order chi connectivity index (χ1) is 7.97. The van der Waals surface area contributed by atoms with E-state index in [2.05, 4.69) is 42.2 Å². The normalized spacial score (nSPS) is 12.7. The number of hydrogen-bond donors (Lipinski definition) is 1. The number of rotatable bonds is 2.